The first-order valence-electron chi connectivity index (χ1n) is 19.7. The highest BCUT2D eigenvalue weighted by atomic mass is 15.2. The molecule has 3 nitrogen and oxygen atoms in total. The summed E-state index contributed by atoms with van der Waals surface area (Å²) in [5.41, 5.74) is 15.4. The SMILES string of the molecule is Cc1ccccc1N(c1ccccc1)c1ccc2cc3c4ccc(N(c5ccccc5)c5ccccc5C)cc4n4c5cccc(-c6ccccc6)c5c(c2c1)c34. The Hall–Kier alpha value is -7.36. The fourth-order valence-electron chi connectivity index (χ4n) is 9.13. The molecule has 57 heavy (non-hydrogen) atoms. The summed E-state index contributed by atoms with van der Waals surface area (Å²) in [5, 5.41) is 7.55. The molecule has 0 aliphatic carbocycles. The second-order valence-corrected chi connectivity index (χ2v) is 15.1. The van der Waals surface area contributed by atoms with Crippen molar-refractivity contribution in [3.63, 3.8) is 0 Å². The van der Waals surface area contributed by atoms with Crippen molar-refractivity contribution >= 4 is 83.0 Å². The van der Waals surface area contributed by atoms with Crippen molar-refractivity contribution in [3.8, 4) is 11.1 Å². The van der Waals surface area contributed by atoms with Crippen LogP contribution in [-0.4, -0.2) is 4.40 Å². The Morgan fingerprint density at radius 1 is 0.368 bits per heavy atom. The minimum atomic E-state index is 1.12. The van der Waals surface area contributed by atoms with Crippen LogP contribution in [0.4, 0.5) is 34.1 Å². The number of anilines is 6. The van der Waals surface area contributed by atoms with Gasteiger partial charge in [-0.05, 0) is 120 Å². The van der Waals surface area contributed by atoms with Crippen LogP contribution in [0.5, 0.6) is 0 Å². The molecule has 0 aliphatic heterocycles. The number of para-hydroxylation sites is 4. The van der Waals surface area contributed by atoms with E-state index in [0.29, 0.717) is 0 Å². The zero-order valence-corrected chi connectivity index (χ0v) is 31.9. The third kappa shape index (κ3) is 5.20. The summed E-state index contributed by atoms with van der Waals surface area (Å²) in [6.07, 6.45) is 0. The van der Waals surface area contributed by atoms with Gasteiger partial charge in [0, 0.05) is 55.7 Å². The molecule has 11 rings (SSSR count). The molecule has 0 saturated heterocycles. The zero-order valence-electron chi connectivity index (χ0n) is 31.9. The van der Waals surface area contributed by atoms with Crippen LogP contribution in [0.3, 0.4) is 0 Å². The minimum Gasteiger partial charge on any atom is -0.310 e. The Kier molecular flexibility index (Phi) is 7.61. The third-order valence-electron chi connectivity index (χ3n) is 11.7. The van der Waals surface area contributed by atoms with Gasteiger partial charge in [-0.15, -0.1) is 0 Å². The Morgan fingerprint density at radius 2 is 0.930 bits per heavy atom. The van der Waals surface area contributed by atoms with Gasteiger partial charge in [0.1, 0.15) is 0 Å². The molecule has 0 radical (unpaired) electrons. The van der Waals surface area contributed by atoms with E-state index in [9.17, 15) is 0 Å². The van der Waals surface area contributed by atoms with Gasteiger partial charge in [0.25, 0.3) is 0 Å². The largest absolute Gasteiger partial charge is 0.310 e. The maximum Gasteiger partial charge on any atom is 0.0627 e. The van der Waals surface area contributed by atoms with Gasteiger partial charge in [-0.3, -0.25) is 0 Å². The monoisotopic (exact) mass is 729 g/mol. The standard InChI is InChI=1S/C54H39N3/c1-36-17-12-14-26-48(36)55(40-21-8-4-9-22-40)42-30-29-39-33-47-45-32-31-43(56(41-23-10-5-11-24-41)49-27-15-13-18-37(49)2)35-51(45)57-50-28-16-25-44(38-19-6-3-7-20-38)52(50)53(54(47)57)46(39)34-42/h3-35H,1-2H3. The van der Waals surface area contributed by atoms with Gasteiger partial charge in [-0.1, -0.05) is 127 Å². The van der Waals surface area contributed by atoms with Crippen molar-refractivity contribution in [2.24, 2.45) is 0 Å². The van der Waals surface area contributed by atoms with E-state index in [0.717, 1.165) is 22.7 Å². The molecule has 9 aromatic carbocycles. The number of hydrogen-bond acceptors (Lipinski definition) is 2. The van der Waals surface area contributed by atoms with Crippen LogP contribution in [0.2, 0.25) is 0 Å². The molecule has 2 aromatic heterocycles. The summed E-state index contributed by atoms with van der Waals surface area (Å²) in [6, 6.07) is 73.0. The van der Waals surface area contributed by atoms with Gasteiger partial charge >= 0.3 is 0 Å². The lowest BCUT2D eigenvalue weighted by atomic mass is 9.94. The molecule has 0 N–H and O–H groups in total. The summed E-state index contributed by atoms with van der Waals surface area (Å²) in [7, 11) is 0. The quantitative estimate of drug-likeness (QED) is 0.162. The molecule has 0 amide bonds. The molecule has 0 fully saturated rings. The highest BCUT2D eigenvalue weighted by Gasteiger charge is 2.25. The van der Waals surface area contributed by atoms with Crippen LogP contribution in [-0.2, 0) is 0 Å². The van der Waals surface area contributed by atoms with Crippen molar-refractivity contribution in [2.75, 3.05) is 9.80 Å². The molecule has 0 unspecified atom stereocenters. The van der Waals surface area contributed by atoms with Crippen LogP contribution in [0, 0.1) is 13.8 Å². The Labute approximate surface area is 332 Å². The van der Waals surface area contributed by atoms with Gasteiger partial charge in [-0.2, -0.15) is 0 Å². The average Bonchev–Trinajstić information content (AvgIpc) is 3.78. The number of fused-ring (bicyclic) bond motifs is 8. The Morgan fingerprint density at radius 3 is 1.56 bits per heavy atom. The molecule has 0 saturated carbocycles. The summed E-state index contributed by atoms with van der Waals surface area (Å²) in [5.74, 6) is 0. The third-order valence-corrected chi connectivity index (χ3v) is 11.7. The van der Waals surface area contributed by atoms with Crippen LogP contribution < -0.4 is 9.80 Å². The normalized spacial score (nSPS) is 11.7. The molecule has 3 heteroatoms. The minimum absolute atomic E-state index is 1.12. The van der Waals surface area contributed by atoms with E-state index in [-0.39, 0.29) is 0 Å². The first kappa shape index (κ1) is 33.0. The first-order chi connectivity index (χ1) is 28.1. The highest BCUT2D eigenvalue weighted by Crippen LogP contribution is 2.49. The van der Waals surface area contributed by atoms with Crippen LogP contribution in [0.1, 0.15) is 11.1 Å². The van der Waals surface area contributed by atoms with Gasteiger partial charge in [0.05, 0.1) is 16.6 Å². The fraction of sp³-hybridized carbons (Fsp3) is 0.0370. The molecule has 0 atom stereocenters. The molecular formula is C54H39N3. The molecular weight excluding hydrogens is 691 g/mol. The number of aryl methyl sites for hydroxylation is 2. The predicted molar refractivity (Wildman–Crippen MR) is 243 cm³/mol. The van der Waals surface area contributed by atoms with Crippen molar-refractivity contribution in [2.45, 2.75) is 13.8 Å². The fourth-order valence-corrected chi connectivity index (χ4v) is 9.13. The Balaban J connectivity index is 1.25. The number of benzene rings is 9. The van der Waals surface area contributed by atoms with E-state index in [1.807, 2.05) is 0 Å². The molecule has 0 aliphatic rings. The van der Waals surface area contributed by atoms with Crippen LogP contribution in [0.25, 0.3) is 60.0 Å². The maximum absolute atomic E-state index is 2.54. The van der Waals surface area contributed by atoms with Gasteiger partial charge in [0.15, 0.2) is 0 Å². The predicted octanol–water partition coefficient (Wildman–Crippen LogP) is 15.2. The number of rotatable bonds is 7. The van der Waals surface area contributed by atoms with Gasteiger partial charge in [-0.25, -0.2) is 0 Å². The topological polar surface area (TPSA) is 10.9 Å². The van der Waals surface area contributed by atoms with Crippen molar-refractivity contribution in [3.05, 3.63) is 211 Å². The molecule has 0 spiro atoms. The number of nitrogens with zero attached hydrogens (tertiary/aromatic N) is 3. The highest BCUT2D eigenvalue weighted by molar-refractivity contribution is 6.33. The first-order valence-corrected chi connectivity index (χ1v) is 19.7. The van der Waals surface area contributed by atoms with E-state index in [1.54, 1.807) is 0 Å². The Bertz CT molecular complexity index is 3260. The lowest BCUT2D eigenvalue weighted by Crippen LogP contribution is -2.11. The summed E-state index contributed by atoms with van der Waals surface area (Å²) < 4.78 is 2.54. The second-order valence-electron chi connectivity index (χ2n) is 15.1. The van der Waals surface area contributed by atoms with Crippen molar-refractivity contribution < 1.29 is 0 Å². The second kappa shape index (κ2) is 13.1. The van der Waals surface area contributed by atoms with Crippen LogP contribution in [0.15, 0.2) is 200 Å². The lowest BCUT2D eigenvalue weighted by molar-refractivity contribution is 1.25. The van der Waals surface area contributed by atoms with E-state index >= 15 is 0 Å². The number of aromatic nitrogens is 1. The van der Waals surface area contributed by atoms with E-state index < -0.39 is 0 Å². The van der Waals surface area contributed by atoms with Gasteiger partial charge < -0.3 is 14.2 Å². The van der Waals surface area contributed by atoms with Crippen molar-refractivity contribution in [1.29, 1.82) is 0 Å². The number of hydrogen-bond donors (Lipinski definition) is 0. The van der Waals surface area contributed by atoms with Gasteiger partial charge in [0.2, 0.25) is 0 Å². The zero-order chi connectivity index (χ0) is 38.0. The lowest BCUT2D eigenvalue weighted by Gasteiger charge is -2.27. The van der Waals surface area contributed by atoms with Crippen molar-refractivity contribution in [1.82, 2.24) is 4.40 Å². The van der Waals surface area contributed by atoms with E-state index in [2.05, 4.69) is 228 Å². The smallest absolute Gasteiger partial charge is 0.0627 e. The van der Waals surface area contributed by atoms with Crippen LogP contribution >= 0.6 is 0 Å². The summed E-state index contributed by atoms with van der Waals surface area (Å²) in [4.78, 5) is 4.79. The molecule has 2 heterocycles. The summed E-state index contributed by atoms with van der Waals surface area (Å²) in [6.45, 7) is 4.39. The average molecular weight is 730 g/mol. The summed E-state index contributed by atoms with van der Waals surface area (Å²) >= 11 is 0. The molecule has 0 bridgehead atoms. The maximum atomic E-state index is 2.54. The van der Waals surface area contributed by atoms with E-state index in [4.69, 9.17) is 0 Å². The molecule has 11 aromatic rings. The molecule has 270 valence electrons. The van der Waals surface area contributed by atoms with E-state index in [1.165, 1.54) is 82.5 Å².